The molecule has 0 bridgehead atoms. The third-order valence-electron chi connectivity index (χ3n) is 5.60. The van der Waals surface area contributed by atoms with Gasteiger partial charge in [0.2, 0.25) is 5.91 Å². The summed E-state index contributed by atoms with van der Waals surface area (Å²) in [7, 11) is 1.77. The number of ether oxygens (including phenoxy) is 1. The van der Waals surface area contributed by atoms with E-state index in [4.69, 9.17) is 4.74 Å². The van der Waals surface area contributed by atoms with Crippen LogP contribution in [0, 0.1) is 5.82 Å². The molecule has 1 atom stereocenters. The molecule has 2 fully saturated rings. The van der Waals surface area contributed by atoms with Crippen molar-refractivity contribution in [2.24, 2.45) is 4.99 Å². The van der Waals surface area contributed by atoms with Gasteiger partial charge in [0, 0.05) is 52.4 Å². The molecule has 0 radical (unpaired) electrons. The molecule has 1 unspecified atom stereocenters. The summed E-state index contributed by atoms with van der Waals surface area (Å²) < 4.78 is 18.7. The molecule has 3 rings (SSSR count). The Hall–Kier alpha value is -1.62. The number of halogens is 2. The Bertz CT molecular complexity index is 706. The summed E-state index contributed by atoms with van der Waals surface area (Å²) in [5, 5.41) is 3.30. The van der Waals surface area contributed by atoms with E-state index in [1.54, 1.807) is 19.2 Å². The van der Waals surface area contributed by atoms with E-state index in [2.05, 4.69) is 20.1 Å². The highest BCUT2D eigenvalue weighted by atomic mass is 127. The maximum atomic E-state index is 13.2. The van der Waals surface area contributed by atoms with Crippen molar-refractivity contribution in [1.29, 1.82) is 0 Å². The van der Waals surface area contributed by atoms with Gasteiger partial charge in [-0.05, 0) is 31.9 Å². The van der Waals surface area contributed by atoms with Crippen molar-refractivity contribution in [3.63, 3.8) is 0 Å². The normalized spacial score (nSPS) is 18.7. The van der Waals surface area contributed by atoms with E-state index in [1.807, 2.05) is 11.8 Å². The van der Waals surface area contributed by atoms with Crippen molar-refractivity contribution in [3.8, 4) is 5.75 Å². The lowest BCUT2D eigenvalue weighted by Gasteiger charge is -2.39. The molecule has 0 saturated carbocycles. The van der Waals surface area contributed by atoms with Crippen molar-refractivity contribution in [2.75, 3.05) is 59.5 Å². The summed E-state index contributed by atoms with van der Waals surface area (Å²) in [6, 6.07) is 6.07. The minimum atomic E-state index is -0.304. The zero-order chi connectivity index (χ0) is 20.6. The van der Waals surface area contributed by atoms with E-state index in [-0.39, 0.29) is 41.7 Å². The number of guanidine groups is 1. The number of hydrogen-bond acceptors (Lipinski definition) is 4. The second-order valence-electron chi connectivity index (χ2n) is 7.51. The standard InChI is InChI=1S/C21H32FN5O2.HI/c1-17(20(28)26-9-3-4-10-26)25-11-13-27(14-12-25)21(23-2)24-8-15-29-19-7-5-6-18(22)16-19;/h5-7,16-17H,3-4,8-15H2,1-2H3,(H,23,24);1H. The fraction of sp³-hybridized carbons (Fsp3) is 0.619. The van der Waals surface area contributed by atoms with Gasteiger partial charge in [-0.25, -0.2) is 4.39 Å². The molecule has 1 N–H and O–H groups in total. The third-order valence-corrected chi connectivity index (χ3v) is 5.60. The first-order valence-corrected chi connectivity index (χ1v) is 10.5. The maximum Gasteiger partial charge on any atom is 0.239 e. The molecule has 1 aromatic rings. The van der Waals surface area contributed by atoms with Crippen LogP contribution in [0.5, 0.6) is 5.75 Å². The van der Waals surface area contributed by atoms with Gasteiger partial charge in [0.25, 0.3) is 0 Å². The molecule has 0 spiro atoms. The second kappa shape index (κ2) is 12.3. The van der Waals surface area contributed by atoms with Crippen molar-refractivity contribution in [2.45, 2.75) is 25.8 Å². The SMILES string of the molecule is CN=C(NCCOc1cccc(F)c1)N1CCN(C(C)C(=O)N2CCCC2)CC1.I. The van der Waals surface area contributed by atoms with Crippen molar-refractivity contribution in [1.82, 2.24) is 20.0 Å². The van der Waals surface area contributed by atoms with Gasteiger partial charge < -0.3 is 19.9 Å². The third kappa shape index (κ3) is 6.69. The number of rotatable bonds is 6. The van der Waals surface area contributed by atoms with Gasteiger partial charge in [0.15, 0.2) is 5.96 Å². The lowest BCUT2D eigenvalue weighted by molar-refractivity contribution is -0.135. The summed E-state index contributed by atoms with van der Waals surface area (Å²) in [4.78, 5) is 23.4. The number of carbonyl (C=O) groups is 1. The molecule has 0 aromatic heterocycles. The van der Waals surface area contributed by atoms with Crippen LogP contribution in [0.25, 0.3) is 0 Å². The second-order valence-corrected chi connectivity index (χ2v) is 7.51. The average Bonchev–Trinajstić information content (AvgIpc) is 3.28. The Labute approximate surface area is 195 Å². The lowest BCUT2D eigenvalue weighted by atomic mass is 10.2. The lowest BCUT2D eigenvalue weighted by Crippen LogP contribution is -2.57. The number of carbonyl (C=O) groups excluding carboxylic acids is 1. The highest BCUT2D eigenvalue weighted by Crippen LogP contribution is 2.14. The van der Waals surface area contributed by atoms with Crippen LogP contribution in [0.2, 0.25) is 0 Å². The molecule has 9 heteroatoms. The molecular weight excluding hydrogens is 500 g/mol. The number of nitrogens with zero attached hydrogens (tertiary/aromatic N) is 4. The molecular formula is C21H33FIN5O2. The van der Waals surface area contributed by atoms with E-state index in [9.17, 15) is 9.18 Å². The summed E-state index contributed by atoms with van der Waals surface area (Å²) in [5.41, 5.74) is 0. The van der Waals surface area contributed by atoms with Gasteiger partial charge in [0.1, 0.15) is 18.2 Å². The molecule has 7 nitrogen and oxygen atoms in total. The Morgan fingerprint density at radius 2 is 1.87 bits per heavy atom. The van der Waals surface area contributed by atoms with Crippen LogP contribution in [0.1, 0.15) is 19.8 Å². The zero-order valence-electron chi connectivity index (χ0n) is 17.8. The van der Waals surface area contributed by atoms with E-state index in [0.29, 0.717) is 18.9 Å². The van der Waals surface area contributed by atoms with Crippen LogP contribution < -0.4 is 10.1 Å². The van der Waals surface area contributed by atoms with Crippen LogP contribution in [0.3, 0.4) is 0 Å². The number of amides is 1. The largest absolute Gasteiger partial charge is 0.492 e. The molecule has 2 aliphatic heterocycles. The van der Waals surface area contributed by atoms with Crippen LogP contribution in [0.4, 0.5) is 4.39 Å². The molecule has 1 amide bonds. The summed E-state index contributed by atoms with van der Waals surface area (Å²) in [6.07, 6.45) is 2.24. The Balaban J connectivity index is 0.00000320. The molecule has 2 aliphatic rings. The fourth-order valence-electron chi connectivity index (χ4n) is 3.90. The predicted molar refractivity (Wildman–Crippen MR) is 127 cm³/mol. The van der Waals surface area contributed by atoms with Crippen LogP contribution >= 0.6 is 24.0 Å². The number of nitrogens with one attached hydrogen (secondary N) is 1. The zero-order valence-corrected chi connectivity index (χ0v) is 20.2. The summed E-state index contributed by atoms with van der Waals surface area (Å²) >= 11 is 0. The van der Waals surface area contributed by atoms with Crippen LogP contribution in [-0.4, -0.2) is 92.1 Å². The number of piperazine rings is 1. The smallest absolute Gasteiger partial charge is 0.239 e. The van der Waals surface area contributed by atoms with E-state index >= 15 is 0 Å². The van der Waals surface area contributed by atoms with Crippen LogP contribution in [0.15, 0.2) is 29.3 Å². The first kappa shape index (κ1) is 24.6. The summed E-state index contributed by atoms with van der Waals surface area (Å²) in [6.45, 7) is 8.13. The topological polar surface area (TPSA) is 60.4 Å². The Kier molecular flexibility index (Phi) is 10.1. The average molecular weight is 533 g/mol. The van der Waals surface area contributed by atoms with E-state index < -0.39 is 0 Å². The van der Waals surface area contributed by atoms with Crippen LogP contribution in [-0.2, 0) is 4.79 Å². The Morgan fingerprint density at radius 1 is 1.17 bits per heavy atom. The van der Waals surface area contributed by atoms with Crippen molar-refractivity contribution in [3.05, 3.63) is 30.1 Å². The maximum absolute atomic E-state index is 13.2. The molecule has 0 aliphatic carbocycles. The Morgan fingerprint density at radius 3 is 2.50 bits per heavy atom. The molecule has 30 heavy (non-hydrogen) atoms. The highest BCUT2D eigenvalue weighted by molar-refractivity contribution is 14.0. The van der Waals surface area contributed by atoms with Crippen molar-refractivity contribution >= 4 is 35.8 Å². The van der Waals surface area contributed by atoms with Gasteiger partial charge in [-0.1, -0.05) is 6.07 Å². The number of benzene rings is 1. The van der Waals surface area contributed by atoms with Gasteiger partial charge in [0.05, 0.1) is 12.6 Å². The van der Waals surface area contributed by atoms with Gasteiger partial charge in [-0.2, -0.15) is 0 Å². The first-order valence-electron chi connectivity index (χ1n) is 10.5. The number of hydrogen-bond donors (Lipinski definition) is 1. The summed E-state index contributed by atoms with van der Waals surface area (Å²) in [5.74, 6) is 1.30. The van der Waals surface area contributed by atoms with Gasteiger partial charge in [-0.3, -0.25) is 14.7 Å². The predicted octanol–water partition coefficient (Wildman–Crippen LogP) is 2.03. The molecule has 2 saturated heterocycles. The van der Waals surface area contributed by atoms with Crippen molar-refractivity contribution < 1.29 is 13.9 Å². The molecule has 2 heterocycles. The molecule has 1 aromatic carbocycles. The van der Waals surface area contributed by atoms with E-state index in [0.717, 1.165) is 58.1 Å². The minimum absolute atomic E-state index is 0. The monoisotopic (exact) mass is 533 g/mol. The fourth-order valence-corrected chi connectivity index (χ4v) is 3.90. The minimum Gasteiger partial charge on any atom is -0.492 e. The highest BCUT2D eigenvalue weighted by Gasteiger charge is 2.30. The quantitative estimate of drug-likeness (QED) is 0.263. The number of likely N-dealkylation sites (tertiary alicyclic amines) is 1. The van der Waals surface area contributed by atoms with Gasteiger partial charge in [-0.15, -0.1) is 24.0 Å². The molecule has 168 valence electrons. The van der Waals surface area contributed by atoms with E-state index in [1.165, 1.54) is 12.1 Å². The van der Waals surface area contributed by atoms with Gasteiger partial charge >= 0.3 is 0 Å². The number of aliphatic imine (C=N–C) groups is 1. The first-order chi connectivity index (χ1) is 14.1.